The predicted molar refractivity (Wildman–Crippen MR) is 108 cm³/mol. The number of rotatable bonds is 7. The highest BCUT2D eigenvalue weighted by Gasteiger charge is 2.21. The molecule has 2 aromatic carbocycles. The molecular weight excluding hydrogens is 436 g/mol. The maximum Gasteiger partial charge on any atom is 0.265 e. The third kappa shape index (κ3) is 5.14. The topological polar surface area (TPSA) is 93.7 Å². The van der Waals surface area contributed by atoms with Gasteiger partial charge >= 0.3 is 0 Å². The van der Waals surface area contributed by atoms with Crippen molar-refractivity contribution in [3.8, 4) is 11.5 Å². The molecule has 0 aliphatic carbocycles. The summed E-state index contributed by atoms with van der Waals surface area (Å²) in [5.41, 5.74) is 0.715. The second kappa shape index (κ2) is 8.62. The van der Waals surface area contributed by atoms with Crippen LogP contribution in [0.3, 0.4) is 0 Å². The van der Waals surface area contributed by atoms with Crippen LogP contribution in [0.15, 0.2) is 45.8 Å². The number of carbonyl (C=O) groups excluding carboxylic acids is 1. The van der Waals surface area contributed by atoms with Gasteiger partial charge in [-0.05, 0) is 52.3 Å². The van der Waals surface area contributed by atoms with Crippen molar-refractivity contribution in [3.05, 3.63) is 40.9 Å². The summed E-state index contributed by atoms with van der Waals surface area (Å²) in [6.07, 6.45) is 0. The number of amides is 1. The van der Waals surface area contributed by atoms with Crippen LogP contribution >= 0.6 is 15.9 Å². The van der Waals surface area contributed by atoms with Gasteiger partial charge in [0.1, 0.15) is 16.4 Å². The van der Waals surface area contributed by atoms with Crippen molar-refractivity contribution in [2.45, 2.75) is 18.7 Å². The summed E-state index contributed by atoms with van der Waals surface area (Å²) in [6.45, 7) is 3.50. The molecule has 146 valence electrons. The molecule has 2 aromatic rings. The highest BCUT2D eigenvalue weighted by atomic mass is 79.9. The molecule has 0 spiro atoms. The molecule has 27 heavy (non-hydrogen) atoms. The summed E-state index contributed by atoms with van der Waals surface area (Å²) in [7, 11) is -1.06. The lowest BCUT2D eigenvalue weighted by atomic mass is 10.2. The third-order valence-electron chi connectivity index (χ3n) is 3.65. The molecule has 0 fully saturated rings. The lowest BCUT2D eigenvalue weighted by Crippen LogP contribution is -2.19. The molecular formula is C18H21BrN2O5S. The fraction of sp³-hybridized carbons (Fsp3) is 0.278. The van der Waals surface area contributed by atoms with Crippen LogP contribution in [0.2, 0.25) is 0 Å². The van der Waals surface area contributed by atoms with Crippen molar-refractivity contribution in [1.82, 2.24) is 0 Å². The largest absolute Gasteiger partial charge is 0.496 e. The smallest absolute Gasteiger partial charge is 0.265 e. The van der Waals surface area contributed by atoms with E-state index in [9.17, 15) is 13.2 Å². The van der Waals surface area contributed by atoms with E-state index in [0.717, 1.165) is 0 Å². The van der Waals surface area contributed by atoms with E-state index >= 15 is 0 Å². The number of hydrogen-bond acceptors (Lipinski definition) is 5. The molecule has 9 heteroatoms. The first-order chi connectivity index (χ1) is 12.7. The van der Waals surface area contributed by atoms with Crippen LogP contribution in [-0.2, 0) is 14.8 Å². The minimum absolute atomic E-state index is 0.0847. The van der Waals surface area contributed by atoms with Gasteiger partial charge in [-0.1, -0.05) is 13.8 Å². The number of hydrogen-bond donors (Lipinski definition) is 2. The zero-order chi connectivity index (χ0) is 20.2. The van der Waals surface area contributed by atoms with Crippen molar-refractivity contribution in [3.63, 3.8) is 0 Å². The molecule has 0 aliphatic heterocycles. The molecule has 2 N–H and O–H groups in total. The van der Waals surface area contributed by atoms with E-state index in [0.29, 0.717) is 21.6 Å². The molecule has 0 atom stereocenters. The van der Waals surface area contributed by atoms with Crippen LogP contribution in [0, 0.1) is 5.92 Å². The number of sulfonamides is 1. The fourth-order valence-corrected chi connectivity index (χ4v) is 3.98. The van der Waals surface area contributed by atoms with E-state index in [4.69, 9.17) is 9.47 Å². The zero-order valence-corrected chi connectivity index (χ0v) is 17.8. The highest BCUT2D eigenvalue weighted by molar-refractivity contribution is 9.10. The molecule has 0 radical (unpaired) electrons. The molecule has 0 aromatic heterocycles. The van der Waals surface area contributed by atoms with Crippen LogP contribution in [0.4, 0.5) is 11.4 Å². The van der Waals surface area contributed by atoms with E-state index in [2.05, 4.69) is 26.0 Å². The molecule has 7 nitrogen and oxygen atoms in total. The number of carbonyl (C=O) groups is 1. The minimum atomic E-state index is -3.96. The molecule has 0 bridgehead atoms. The van der Waals surface area contributed by atoms with Crippen LogP contribution in [0.1, 0.15) is 13.8 Å². The van der Waals surface area contributed by atoms with Crippen LogP contribution in [0.25, 0.3) is 0 Å². The first kappa shape index (κ1) is 21.0. The standard InChI is InChI=1S/C18H21BrN2O5S/c1-11(2)18(22)20-12-5-8-16(26-4)17(10-12)27(23,24)21-13-6-7-15(25-3)14(19)9-13/h5-11,21H,1-4H3,(H,20,22). The Labute approximate surface area is 167 Å². The van der Waals surface area contributed by atoms with E-state index in [1.807, 2.05) is 0 Å². The summed E-state index contributed by atoms with van der Waals surface area (Å²) in [4.78, 5) is 11.8. The number of halogens is 1. The Kier molecular flexibility index (Phi) is 6.72. The SMILES string of the molecule is COc1ccc(NS(=O)(=O)c2cc(NC(=O)C(C)C)ccc2OC)cc1Br. The van der Waals surface area contributed by atoms with Crippen molar-refractivity contribution >= 4 is 43.2 Å². The van der Waals surface area contributed by atoms with Crippen molar-refractivity contribution in [2.24, 2.45) is 5.92 Å². The van der Waals surface area contributed by atoms with E-state index in [1.54, 1.807) is 38.1 Å². The summed E-state index contributed by atoms with van der Waals surface area (Å²) in [5, 5.41) is 2.68. The Morgan fingerprint density at radius 3 is 2.15 bits per heavy atom. The average Bonchev–Trinajstić information content (AvgIpc) is 2.61. The van der Waals surface area contributed by atoms with Gasteiger partial charge in [-0.2, -0.15) is 0 Å². The maximum absolute atomic E-state index is 12.9. The number of anilines is 2. The second-order valence-electron chi connectivity index (χ2n) is 5.96. The van der Waals surface area contributed by atoms with Crippen molar-refractivity contribution in [1.29, 1.82) is 0 Å². The summed E-state index contributed by atoms with van der Waals surface area (Å²) >= 11 is 3.32. The van der Waals surface area contributed by atoms with Gasteiger partial charge in [0.15, 0.2) is 0 Å². The van der Waals surface area contributed by atoms with E-state index in [-0.39, 0.29) is 22.5 Å². The number of benzene rings is 2. The monoisotopic (exact) mass is 456 g/mol. The molecule has 0 saturated heterocycles. The van der Waals surface area contributed by atoms with Gasteiger partial charge in [0.05, 0.1) is 24.4 Å². The average molecular weight is 457 g/mol. The first-order valence-corrected chi connectivity index (χ1v) is 10.3. The van der Waals surface area contributed by atoms with Gasteiger partial charge < -0.3 is 14.8 Å². The van der Waals surface area contributed by atoms with E-state index in [1.165, 1.54) is 26.4 Å². The first-order valence-electron chi connectivity index (χ1n) is 8.03. The lowest BCUT2D eigenvalue weighted by Gasteiger charge is -2.15. The molecule has 1 amide bonds. The zero-order valence-electron chi connectivity index (χ0n) is 15.4. The second-order valence-corrected chi connectivity index (χ2v) is 8.47. The predicted octanol–water partition coefficient (Wildman–Crippen LogP) is 3.86. The number of nitrogens with one attached hydrogen (secondary N) is 2. The van der Waals surface area contributed by atoms with Gasteiger partial charge in [0.25, 0.3) is 10.0 Å². The summed E-state index contributed by atoms with van der Waals surface area (Å²) < 4.78 is 39.2. The normalized spacial score (nSPS) is 11.2. The lowest BCUT2D eigenvalue weighted by molar-refractivity contribution is -0.118. The van der Waals surface area contributed by atoms with Gasteiger partial charge in [0, 0.05) is 11.6 Å². The Morgan fingerprint density at radius 2 is 1.59 bits per heavy atom. The summed E-state index contributed by atoms with van der Waals surface area (Å²) in [6, 6.07) is 9.25. The number of ether oxygens (including phenoxy) is 2. The van der Waals surface area contributed by atoms with Crippen molar-refractivity contribution < 1.29 is 22.7 Å². The Morgan fingerprint density at radius 1 is 1.00 bits per heavy atom. The molecule has 0 aliphatic rings. The van der Waals surface area contributed by atoms with Crippen LogP contribution in [0.5, 0.6) is 11.5 Å². The Hall–Kier alpha value is -2.26. The quantitative estimate of drug-likeness (QED) is 0.659. The minimum Gasteiger partial charge on any atom is -0.496 e. The van der Waals surface area contributed by atoms with Crippen LogP contribution in [-0.4, -0.2) is 28.5 Å². The summed E-state index contributed by atoms with van der Waals surface area (Å²) in [5.74, 6) is 0.295. The maximum atomic E-state index is 12.9. The Bertz CT molecular complexity index is 945. The number of methoxy groups -OCH3 is 2. The van der Waals surface area contributed by atoms with Gasteiger partial charge in [-0.15, -0.1) is 0 Å². The molecule has 0 saturated carbocycles. The van der Waals surface area contributed by atoms with E-state index < -0.39 is 10.0 Å². The van der Waals surface area contributed by atoms with Gasteiger partial charge in [0.2, 0.25) is 5.91 Å². The third-order valence-corrected chi connectivity index (χ3v) is 5.67. The van der Waals surface area contributed by atoms with Crippen molar-refractivity contribution in [2.75, 3.05) is 24.3 Å². The fourth-order valence-electron chi connectivity index (χ4n) is 2.19. The Balaban J connectivity index is 2.38. The van der Waals surface area contributed by atoms with Gasteiger partial charge in [-0.3, -0.25) is 9.52 Å². The molecule has 0 unspecified atom stereocenters. The van der Waals surface area contributed by atoms with Crippen LogP contribution < -0.4 is 19.5 Å². The highest BCUT2D eigenvalue weighted by Crippen LogP contribution is 2.32. The van der Waals surface area contributed by atoms with Gasteiger partial charge in [-0.25, -0.2) is 8.42 Å². The molecule has 2 rings (SSSR count). The molecule has 0 heterocycles.